The van der Waals surface area contributed by atoms with Gasteiger partial charge in [-0.3, -0.25) is 4.79 Å². The Morgan fingerprint density at radius 1 is 0.929 bits per heavy atom. The van der Waals surface area contributed by atoms with Crippen LogP contribution < -0.4 is 10.6 Å². The van der Waals surface area contributed by atoms with Crippen molar-refractivity contribution in [2.24, 2.45) is 0 Å². The van der Waals surface area contributed by atoms with Crippen LogP contribution in [-0.4, -0.2) is 23.1 Å². The minimum Gasteiger partial charge on any atom is -0.481 e. The fourth-order valence-corrected chi connectivity index (χ4v) is 3.21. The molecule has 0 aliphatic carbocycles. The van der Waals surface area contributed by atoms with Gasteiger partial charge in [-0.05, 0) is 42.0 Å². The van der Waals surface area contributed by atoms with Crippen LogP contribution in [0.15, 0.2) is 66.7 Å². The first kappa shape index (κ1) is 19.5. The second kappa shape index (κ2) is 8.15. The molecule has 4 rings (SSSR count). The molecule has 0 bridgehead atoms. The van der Waals surface area contributed by atoms with Gasteiger partial charge in [-0.2, -0.15) is 0 Å². The summed E-state index contributed by atoms with van der Waals surface area (Å²) in [5.41, 5.74) is 5.50. The van der Waals surface area contributed by atoms with Crippen molar-refractivity contribution in [3.8, 4) is 0 Å². The fourth-order valence-electron chi connectivity index (χ4n) is 3.21. The van der Waals surface area contributed by atoms with E-state index in [1.54, 1.807) is 0 Å². The number of nitrogens with zero attached hydrogens (tertiary/aromatic N) is 1. The van der Waals surface area contributed by atoms with E-state index in [0.717, 1.165) is 44.4 Å². The Labute approximate surface area is 168 Å². The summed E-state index contributed by atoms with van der Waals surface area (Å²) in [5.74, 6) is -0.831. The predicted molar refractivity (Wildman–Crippen MR) is 117 cm³/mol. The molecule has 0 saturated carbocycles. The number of hydrogen-bond acceptors (Lipinski definition) is 4. The van der Waals surface area contributed by atoms with E-state index in [9.17, 15) is 4.79 Å². The van der Waals surface area contributed by atoms with Crippen LogP contribution in [0.2, 0.25) is 0 Å². The second-order valence-corrected chi connectivity index (χ2v) is 6.38. The summed E-state index contributed by atoms with van der Waals surface area (Å²) in [6, 6.07) is 21.6. The largest absolute Gasteiger partial charge is 0.481 e. The number of benzene rings is 3. The SMILES string of the molecule is CNc1ccc2c(Nc3ccc(CC(=O)O)cc3)c3ccccc3nc2c1.Cl. The summed E-state index contributed by atoms with van der Waals surface area (Å²) in [7, 11) is 1.89. The molecule has 0 aliphatic rings. The lowest BCUT2D eigenvalue weighted by molar-refractivity contribution is -0.136. The Morgan fingerprint density at radius 2 is 1.61 bits per heavy atom. The molecule has 4 aromatic rings. The Morgan fingerprint density at radius 3 is 2.32 bits per heavy atom. The van der Waals surface area contributed by atoms with Crippen LogP contribution in [0.5, 0.6) is 0 Å². The Hall–Kier alpha value is -3.31. The Balaban J connectivity index is 0.00000225. The number of carbonyl (C=O) groups is 1. The second-order valence-electron chi connectivity index (χ2n) is 6.38. The van der Waals surface area contributed by atoms with Gasteiger partial charge in [0.1, 0.15) is 0 Å². The minimum atomic E-state index is -0.831. The van der Waals surface area contributed by atoms with Crippen molar-refractivity contribution >= 4 is 57.2 Å². The molecule has 6 heteroatoms. The molecule has 0 radical (unpaired) electrons. The quantitative estimate of drug-likeness (QED) is 0.405. The number of anilines is 3. The number of para-hydroxylation sites is 1. The molecule has 28 heavy (non-hydrogen) atoms. The third-order valence-electron chi connectivity index (χ3n) is 4.55. The van der Waals surface area contributed by atoms with E-state index in [4.69, 9.17) is 10.1 Å². The van der Waals surface area contributed by atoms with Gasteiger partial charge in [0.25, 0.3) is 0 Å². The number of fused-ring (bicyclic) bond motifs is 2. The predicted octanol–water partition coefficient (Wildman–Crippen LogP) is 5.22. The van der Waals surface area contributed by atoms with Gasteiger partial charge >= 0.3 is 5.97 Å². The van der Waals surface area contributed by atoms with Crippen molar-refractivity contribution in [2.45, 2.75) is 6.42 Å². The third kappa shape index (κ3) is 3.85. The molecule has 3 aromatic carbocycles. The highest BCUT2D eigenvalue weighted by atomic mass is 35.5. The number of aromatic nitrogens is 1. The molecule has 3 N–H and O–H groups in total. The Kier molecular flexibility index (Phi) is 5.66. The minimum absolute atomic E-state index is 0. The molecule has 0 atom stereocenters. The van der Waals surface area contributed by atoms with E-state index in [1.165, 1.54) is 0 Å². The van der Waals surface area contributed by atoms with E-state index in [1.807, 2.05) is 61.6 Å². The first-order valence-electron chi connectivity index (χ1n) is 8.72. The highest BCUT2D eigenvalue weighted by molar-refractivity contribution is 6.09. The van der Waals surface area contributed by atoms with Gasteiger partial charge in [-0.15, -0.1) is 12.4 Å². The van der Waals surface area contributed by atoms with Gasteiger partial charge in [-0.1, -0.05) is 30.3 Å². The molecule has 0 unspecified atom stereocenters. The number of nitrogens with one attached hydrogen (secondary N) is 2. The molecule has 1 aromatic heterocycles. The monoisotopic (exact) mass is 393 g/mol. The van der Waals surface area contributed by atoms with E-state index in [-0.39, 0.29) is 18.8 Å². The van der Waals surface area contributed by atoms with Crippen molar-refractivity contribution in [1.82, 2.24) is 4.98 Å². The molecule has 0 fully saturated rings. The van der Waals surface area contributed by atoms with Crippen molar-refractivity contribution in [1.29, 1.82) is 0 Å². The van der Waals surface area contributed by atoms with Crippen molar-refractivity contribution in [2.75, 3.05) is 17.7 Å². The standard InChI is InChI=1S/C22H19N3O2.ClH/c1-23-16-10-11-18-20(13-16)25-19-5-3-2-4-17(19)22(18)24-15-8-6-14(7-9-15)12-21(26)27;/h2-11,13,23H,12H2,1H3,(H,24,25)(H,26,27);1H. The average molecular weight is 394 g/mol. The molecule has 0 spiro atoms. The van der Waals surface area contributed by atoms with Crippen molar-refractivity contribution in [3.63, 3.8) is 0 Å². The molecular weight excluding hydrogens is 374 g/mol. The van der Waals surface area contributed by atoms with Crippen LogP contribution in [0.25, 0.3) is 21.8 Å². The summed E-state index contributed by atoms with van der Waals surface area (Å²) in [4.78, 5) is 15.7. The van der Waals surface area contributed by atoms with Gasteiger partial charge < -0.3 is 15.7 Å². The number of rotatable bonds is 5. The van der Waals surface area contributed by atoms with Crippen LogP contribution >= 0.6 is 12.4 Å². The molecule has 5 nitrogen and oxygen atoms in total. The van der Waals surface area contributed by atoms with Crippen LogP contribution in [0.1, 0.15) is 5.56 Å². The van der Waals surface area contributed by atoms with Gasteiger partial charge in [0.15, 0.2) is 0 Å². The molecular formula is C22H20ClN3O2. The van der Waals surface area contributed by atoms with Crippen LogP contribution in [0.3, 0.4) is 0 Å². The number of pyridine rings is 1. The van der Waals surface area contributed by atoms with E-state index in [2.05, 4.69) is 22.8 Å². The van der Waals surface area contributed by atoms with Crippen molar-refractivity contribution in [3.05, 3.63) is 72.3 Å². The number of halogens is 1. The normalized spacial score (nSPS) is 10.5. The lowest BCUT2D eigenvalue weighted by Gasteiger charge is -2.14. The van der Waals surface area contributed by atoms with Gasteiger partial charge in [0, 0.05) is 29.2 Å². The topological polar surface area (TPSA) is 74.2 Å². The molecule has 0 saturated heterocycles. The first-order chi connectivity index (χ1) is 13.1. The Bertz CT molecular complexity index is 1140. The maximum atomic E-state index is 10.9. The van der Waals surface area contributed by atoms with E-state index < -0.39 is 5.97 Å². The summed E-state index contributed by atoms with van der Waals surface area (Å²) < 4.78 is 0. The van der Waals surface area contributed by atoms with E-state index in [0.29, 0.717) is 0 Å². The number of carboxylic acids is 1. The molecule has 0 aliphatic heterocycles. The first-order valence-corrected chi connectivity index (χ1v) is 8.72. The zero-order valence-corrected chi connectivity index (χ0v) is 16.1. The number of aliphatic carboxylic acids is 1. The average Bonchev–Trinajstić information content (AvgIpc) is 2.68. The lowest BCUT2D eigenvalue weighted by atomic mass is 10.1. The highest BCUT2D eigenvalue weighted by Crippen LogP contribution is 2.34. The lowest BCUT2D eigenvalue weighted by Crippen LogP contribution is -2.00. The smallest absolute Gasteiger partial charge is 0.307 e. The van der Waals surface area contributed by atoms with Gasteiger partial charge in [0.05, 0.1) is 23.1 Å². The summed E-state index contributed by atoms with van der Waals surface area (Å²) >= 11 is 0. The van der Waals surface area contributed by atoms with Crippen LogP contribution in [-0.2, 0) is 11.2 Å². The number of carboxylic acid groups (broad SMARTS) is 1. The van der Waals surface area contributed by atoms with Crippen molar-refractivity contribution < 1.29 is 9.90 Å². The van der Waals surface area contributed by atoms with Gasteiger partial charge in [0.2, 0.25) is 0 Å². The zero-order chi connectivity index (χ0) is 18.8. The fraction of sp³-hybridized carbons (Fsp3) is 0.0909. The highest BCUT2D eigenvalue weighted by Gasteiger charge is 2.10. The summed E-state index contributed by atoms with van der Waals surface area (Å²) in [5, 5.41) is 17.6. The number of hydrogen-bond donors (Lipinski definition) is 3. The molecule has 0 amide bonds. The van der Waals surface area contributed by atoms with Crippen LogP contribution in [0, 0.1) is 0 Å². The van der Waals surface area contributed by atoms with E-state index >= 15 is 0 Å². The molecule has 142 valence electrons. The molecule has 1 heterocycles. The maximum absolute atomic E-state index is 10.9. The summed E-state index contributed by atoms with van der Waals surface area (Å²) in [6.07, 6.45) is 0.0220. The summed E-state index contributed by atoms with van der Waals surface area (Å²) in [6.45, 7) is 0. The van der Waals surface area contributed by atoms with Gasteiger partial charge in [-0.25, -0.2) is 4.98 Å². The van der Waals surface area contributed by atoms with Crippen LogP contribution in [0.4, 0.5) is 17.1 Å². The zero-order valence-electron chi connectivity index (χ0n) is 15.3. The maximum Gasteiger partial charge on any atom is 0.307 e. The third-order valence-corrected chi connectivity index (χ3v) is 4.55.